The molecule has 0 saturated carbocycles. The number of ether oxygens (including phenoxy) is 2. The number of benzene rings is 1. The van der Waals surface area contributed by atoms with Gasteiger partial charge >= 0.3 is 5.97 Å². The number of azide groups is 1. The zero-order valence-electron chi connectivity index (χ0n) is 10.8. The molecule has 0 saturated heterocycles. The molecule has 8 heteroatoms. The topological polar surface area (TPSA) is 125 Å². The minimum atomic E-state index is -1.19. The molecular weight excluding hydrogens is 266 g/mol. The first kappa shape index (κ1) is 15.8. The Hall–Kier alpha value is -2.28. The number of aliphatic hydroxyl groups is 2. The van der Waals surface area contributed by atoms with E-state index in [0.29, 0.717) is 11.3 Å². The van der Waals surface area contributed by atoms with Gasteiger partial charge in [0.2, 0.25) is 0 Å². The van der Waals surface area contributed by atoms with Crippen LogP contribution in [-0.4, -0.2) is 42.5 Å². The van der Waals surface area contributed by atoms with Gasteiger partial charge in [-0.25, -0.2) is 4.79 Å². The monoisotopic (exact) mass is 281 g/mol. The molecule has 8 nitrogen and oxygen atoms in total. The third kappa shape index (κ3) is 4.77. The highest BCUT2D eigenvalue weighted by molar-refractivity contribution is 5.70. The Balaban J connectivity index is 2.61. The molecule has 2 atom stereocenters. The maximum absolute atomic E-state index is 10.9. The smallest absolute Gasteiger partial charge is 0.343 e. The third-order valence-electron chi connectivity index (χ3n) is 2.50. The Morgan fingerprint density at radius 2 is 2.05 bits per heavy atom. The second-order valence-corrected chi connectivity index (χ2v) is 3.86. The average molecular weight is 281 g/mol. The maximum Gasteiger partial charge on any atom is 0.343 e. The van der Waals surface area contributed by atoms with Crippen LogP contribution in [-0.2, 0) is 9.53 Å². The molecule has 1 rings (SSSR count). The second-order valence-electron chi connectivity index (χ2n) is 3.86. The molecule has 0 aliphatic heterocycles. The van der Waals surface area contributed by atoms with Crippen molar-refractivity contribution in [1.82, 2.24) is 0 Å². The van der Waals surface area contributed by atoms with Gasteiger partial charge in [0.25, 0.3) is 0 Å². The predicted molar refractivity (Wildman–Crippen MR) is 68.9 cm³/mol. The van der Waals surface area contributed by atoms with Gasteiger partial charge in [0.05, 0.1) is 19.8 Å². The minimum Gasteiger partial charge on any atom is -0.482 e. The van der Waals surface area contributed by atoms with Crippen LogP contribution in [0, 0.1) is 0 Å². The summed E-state index contributed by atoms with van der Waals surface area (Å²) in [6, 6.07) is 6.16. The molecule has 0 spiro atoms. The quantitative estimate of drug-likeness (QED) is 0.333. The van der Waals surface area contributed by atoms with Crippen LogP contribution in [0.2, 0.25) is 0 Å². The molecule has 0 bridgehead atoms. The Bertz CT molecular complexity index is 484. The van der Waals surface area contributed by atoms with Crippen molar-refractivity contribution < 1.29 is 24.5 Å². The van der Waals surface area contributed by atoms with Crippen molar-refractivity contribution in [3.05, 3.63) is 40.3 Å². The minimum absolute atomic E-state index is 0.210. The first-order valence-electron chi connectivity index (χ1n) is 5.75. The lowest BCUT2D eigenvalue weighted by Crippen LogP contribution is -2.21. The van der Waals surface area contributed by atoms with E-state index in [-0.39, 0.29) is 13.2 Å². The van der Waals surface area contributed by atoms with E-state index in [0.717, 1.165) is 0 Å². The molecule has 0 aromatic heterocycles. The van der Waals surface area contributed by atoms with Crippen LogP contribution in [0.1, 0.15) is 11.7 Å². The summed E-state index contributed by atoms with van der Waals surface area (Å²) in [6.45, 7) is -0.434. The van der Waals surface area contributed by atoms with Gasteiger partial charge in [0.1, 0.15) is 11.9 Å². The van der Waals surface area contributed by atoms with Crippen molar-refractivity contribution in [2.24, 2.45) is 5.11 Å². The van der Waals surface area contributed by atoms with Gasteiger partial charge in [-0.05, 0) is 23.2 Å². The van der Waals surface area contributed by atoms with Crippen LogP contribution >= 0.6 is 0 Å². The van der Waals surface area contributed by atoms with E-state index in [9.17, 15) is 15.0 Å². The van der Waals surface area contributed by atoms with Gasteiger partial charge in [-0.15, -0.1) is 0 Å². The summed E-state index contributed by atoms with van der Waals surface area (Å²) in [6.07, 6.45) is -2.36. The summed E-state index contributed by atoms with van der Waals surface area (Å²) >= 11 is 0. The first-order valence-corrected chi connectivity index (χ1v) is 5.75. The highest BCUT2D eigenvalue weighted by atomic mass is 16.6. The van der Waals surface area contributed by atoms with E-state index in [1.54, 1.807) is 12.1 Å². The average Bonchev–Trinajstić information content (AvgIpc) is 2.49. The molecule has 2 N–H and O–H groups in total. The van der Waals surface area contributed by atoms with E-state index in [4.69, 9.17) is 10.3 Å². The van der Waals surface area contributed by atoms with Gasteiger partial charge in [-0.2, -0.15) is 0 Å². The Labute approximate surface area is 115 Å². The van der Waals surface area contributed by atoms with E-state index in [2.05, 4.69) is 14.8 Å². The van der Waals surface area contributed by atoms with Crippen molar-refractivity contribution in [3.8, 4) is 5.75 Å². The lowest BCUT2D eigenvalue weighted by molar-refractivity contribution is -0.142. The van der Waals surface area contributed by atoms with E-state index < -0.39 is 18.2 Å². The molecule has 0 radical (unpaired) electrons. The van der Waals surface area contributed by atoms with Gasteiger partial charge in [0.15, 0.2) is 6.61 Å². The van der Waals surface area contributed by atoms with E-state index >= 15 is 0 Å². The molecular formula is C12H15N3O5. The molecule has 0 amide bonds. The molecule has 20 heavy (non-hydrogen) atoms. The van der Waals surface area contributed by atoms with Crippen LogP contribution in [0.15, 0.2) is 29.4 Å². The number of carbonyl (C=O) groups excluding carboxylic acids is 1. The van der Waals surface area contributed by atoms with Gasteiger partial charge < -0.3 is 19.7 Å². The normalized spacial score (nSPS) is 12.9. The number of rotatable bonds is 7. The van der Waals surface area contributed by atoms with Crippen LogP contribution in [0.5, 0.6) is 5.75 Å². The molecule has 1 aromatic carbocycles. The predicted octanol–water partition coefficient (Wildman–Crippen LogP) is 0.943. The molecule has 0 heterocycles. The van der Waals surface area contributed by atoms with Crippen molar-refractivity contribution in [2.45, 2.75) is 12.2 Å². The fourth-order valence-electron chi connectivity index (χ4n) is 1.40. The highest BCUT2D eigenvalue weighted by Gasteiger charge is 2.17. The van der Waals surface area contributed by atoms with E-state index in [1.165, 1.54) is 19.2 Å². The van der Waals surface area contributed by atoms with Crippen molar-refractivity contribution in [2.75, 3.05) is 20.3 Å². The highest BCUT2D eigenvalue weighted by Crippen LogP contribution is 2.20. The molecule has 0 aliphatic carbocycles. The number of nitrogens with zero attached hydrogens (tertiary/aromatic N) is 3. The van der Waals surface area contributed by atoms with Crippen molar-refractivity contribution in [3.63, 3.8) is 0 Å². The van der Waals surface area contributed by atoms with E-state index in [1.807, 2.05) is 0 Å². The lowest BCUT2D eigenvalue weighted by atomic mass is 10.0. The van der Waals surface area contributed by atoms with Crippen LogP contribution in [0.3, 0.4) is 0 Å². The maximum atomic E-state index is 10.9. The second kappa shape index (κ2) is 8.00. The zero-order chi connectivity index (χ0) is 15.0. The van der Waals surface area contributed by atoms with Crippen LogP contribution in [0.4, 0.5) is 0 Å². The number of esters is 1. The van der Waals surface area contributed by atoms with Crippen molar-refractivity contribution >= 4 is 5.97 Å². The molecule has 0 fully saturated rings. The lowest BCUT2D eigenvalue weighted by Gasteiger charge is -2.16. The Morgan fingerprint density at radius 1 is 1.40 bits per heavy atom. The summed E-state index contributed by atoms with van der Waals surface area (Å²) in [5, 5.41) is 22.6. The Morgan fingerprint density at radius 3 is 2.60 bits per heavy atom. The first-order chi connectivity index (χ1) is 9.58. The summed E-state index contributed by atoms with van der Waals surface area (Å²) in [5.41, 5.74) is 8.58. The fourth-order valence-corrected chi connectivity index (χ4v) is 1.40. The number of methoxy groups -OCH3 is 1. The standard InChI is InChI=1S/C12H15N3O5/c1-19-11(17)7-20-9-4-2-8(3-5-9)12(18)10(16)6-14-15-13/h2-5,10,12,16,18H,6-7H2,1H3. The van der Waals surface area contributed by atoms with Gasteiger partial charge in [0, 0.05) is 4.91 Å². The summed E-state index contributed by atoms with van der Waals surface area (Å²) in [5.74, 6) is -0.0743. The number of hydrogen-bond acceptors (Lipinski definition) is 6. The van der Waals surface area contributed by atoms with Crippen LogP contribution < -0.4 is 4.74 Å². The zero-order valence-corrected chi connectivity index (χ0v) is 10.8. The number of hydrogen-bond donors (Lipinski definition) is 2. The van der Waals surface area contributed by atoms with Crippen molar-refractivity contribution in [1.29, 1.82) is 0 Å². The Kier molecular flexibility index (Phi) is 6.31. The molecule has 108 valence electrons. The number of carbonyl (C=O) groups is 1. The number of aliphatic hydroxyl groups excluding tert-OH is 2. The summed E-state index contributed by atoms with van der Waals surface area (Å²) in [4.78, 5) is 13.4. The van der Waals surface area contributed by atoms with Gasteiger partial charge in [-0.1, -0.05) is 17.2 Å². The summed E-state index contributed by atoms with van der Waals surface area (Å²) in [7, 11) is 1.26. The SMILES string of the molecule is COC(=O)COc1ccc(C(O)C(O)CN=[N+]=[N-])cc1. The van der Waals surface area contributed by atoms with Gasteiger partial charge in [-0.3, -0.25) is 0 Å². The summed E-state index contributed by atoms with van der Waals surface area (Å²) < 4.78 is 9.56. The molecule has 1 aromatic rings. The molecule has 0 aliphatic rings. The van der Waals surface area contributed by atoms with Crippen LogP contribution in [0.25, 0.3) is 10.4 Å². The largest absolute Gasteiger partial charge is 0.482 e. The third-order valence-corrected chi connectivity index (χ3v) is 2.50. The molecule has 2 unspecified atom stereocenters. The fraction of sp³-hybridized carbons (Fsp3) is 0.417.